The normalized spacial score (nSPS) is 18.9. The molecule has 1 amide bonds. The van der Waals surface area contributed by atoms with E-state index >= 15 is 0 Å². The molecule has 0 aliphatic carbocycles. The number of rotatable bonds is 3. The van der Waals surface area contributed by atoms with Gasteiger partial charge in [-0.05, 0) is 11.5 Å². The molecule has 20 heavy (non-hydrogen) atoms. The number of carbonyl (C=O) groups is 1. The minimum absolute atomic E-state index is 0.0179. The Labute approximate surface area is 118 Å². The Balaban J connectivity index is 1.71. The van der Waals surface area contributed by atoms with Gasteiger partial charge >= 0.3 is 0 Å². The Kier molecular flexibility index (Phi) is 3.95. The molecule has 0 aromatic heterocycles. The Bertz CT molecular complexity index is 601. The quantitative estimate of drug-likeness (QED) is 0.898. The number of hydrogen-bond acceptors (Lipinski definition) is 3. The van der Waals surface area contributed by atoms with E-state index in [1.54, 1.807) is 0 Å². The molecule has 2 aromatic rings. The van der Waals surface area contributed by atoms with Crippen LogP contribution in [0.5, 0.6) is 0 Å². The van der Waals surface area contributed by atoms with Crippen LogP contribution in [0.25, 0.3) is 10.8 Å². The SMILES string of the molecule is O=C(CC1COCCN1)Nc1cccc2ccccc12. The van der Waals surface area contributed by atoms with E-state index in [2.05, 4.69) is 10.6 Å². The van der Waals surface area contributed by atoms with Crippen molar-refractivity contribution in [2.75, 3.05) is 25.1 Å². The van der Waals surface area contributed by atoms with Crippen LogP contribution in [0.3, 0.4) is 0 Å². The monoisotopic (exact) mass is 270 g/mol. The molecule has 1 saturated heterocycles. The number of anilines is 1. The molecule has 104 valence electrons. The molecule has 2 aromatic carbocycles. The van der Waals surface area contributed by atoms with E-state index in [0.717, 1.165) is 29.6 Å². The molecule has 1 unspecified atom stereocenters. The Morgan fingerprint density at radius 1 is 1.25 bits per heavy atom. The predicted octanol–water partition coefficient (Wildman–Crippen LogP) is 2.16. The van der Waals surface area contributed by atoms with Crippen LogP contribution in [0.15, 0.2) is 42.5 Å². The highest BCUT2D eigenvalue weighted by Crippen LogP contribution is 2.23. The zero-order valence-corrected chi connectivity index (χ0v) is 11.3. The average molecular weight is 270 g/mol. The summed E-state index contributed by atoms with van der Waals surface area (Å²) in [5.41, 5.74) is 0.866. The fourth-order valence-corrected chi connectivity index (χ4v) is 2.51. The molecule has 2 N–H and O–H groups in total. The first-order chi connectivity index (χ1) is 9.83. The van der Waals surface area contributed by atoms with Crippen molar-refractivity contribution in [2.24, 2.45) is 0 Å². The Morgan fingerprint density at radius 3 is 2.95 bits per heavy atom. The molecule has 0 spiro atoms. The Morgan fingerprint density at radius 2 is 2.10 bits per heavy atom. The summed E-state index contributed by atoms with van der Waals surface area (Å²) in [6.45, 7) is 2.14. The van der Waals surface area contributed by atoms with Crippen LogP contribution in [0.2, 0.25) is 0 Å². The topological polar surface area (TPSA) is 50.4 Å². The molecule has 1 aliphatic rings. The number of hydrogen-bond donors (Lipinski definition) is 2. The zero-order chi connectivity index (χ0) is 13.8. The zero-order valence-electron chi connectivity index (χ0n) is 11.3. The molecule has 1 atom stereocenters. The second-order valence-electron chi connectivity index (χ2n) is 5.00. The molecule has 4 heteroatoms. The van der Waals surface area contributed by atoms with E-state index in [9.17, 15) is 4.79 Å². The fraction of sp³-hybridized carbons (Fsp3) is 0.312. The minimum Gasteiger partial charge on any atom is -0.378 e. The molecule has 0 bridgehead atoms. The van der Waals surface area contributed by atoms with Crippen LogP contribution < -0.4 is 10.6 Å². The van der Waals surface area contributed by atoms with Crippen molar-refractivity contribution in [3.8, 4) is 0 Å². The van der Waals surface area contributed by atoms with Crippen molar-refractivity contribution in [3.05, 3.63) is 42.5 Å². The van der Waals surface area contributed by atoms with Crippen LogP contribution in [-0.2, 0) is 9.53 Å². The van der Waals surface area contributed by atoms with Gasteiger partial charge < -0.3 is 15.4 Å². The lowest BCUT2D eigenvalue weighted by molar-refractivity contribution is -0.117. The van der Waals surface area contributed by atoms with Crippen molar-refractivity contribution in [1.29, 1.82) is 0 Å². The number of amides is 1. The van der Waals surface area contributed by atoms with Gasteiger partial charge in [-0.2, -0.15) is 0 Å². The van der Waals surface area contributed by atoms with E-state index in [4.69, 9.17) is 4.74 Å². The number of nitrogens with one attached hydrogen (secondary N) is 2. The first kappa shape index (κ1) is 13.1. The number of carbonyl (C=O) groups excluding carboxylic acids is 1. The van der Waals surface area contributed by atoms with Crippen LogP contribution >= 0.6 is 0 Å². The molecule has 0 saturated carbocycles. The van der Waals surface area contributed by atoms with Crippen molar-refractivity contribution >= 4 is 22.4 Å². The molecule has 4 nitrogen and oxygen atoms in total. The van der Waals surface area contributed by atoms with E-state index in [0.29, 0.717) is 13.0 Å². The van der Waals surface area contributed by atoms with Gasteiger partial charge in [0.2, 0.25) is 5.91 Å². The lowest BCUT2D eigenvalue weighted by atomic mass is 10.1. The van der Waals surface area contributed by atoms with Gasteiger partial charge in [-0.25, -0.2) is 0 Å². The van der Waals surface area contributed by atoms with Gasteiger partial charge in [0.05, 0.1) is 13.2 Å². The highest BCUT2D eigenvalue weighted by atomic mass is 16.5. The lowest BCUT2D eigenvalue weighted by Gasteiger charge is -2.23. The van der Waals surface area contributed by atoms with E-state index in [1.807, 2.05) is 42.5 Å². The second kappa shape index (κ2) is 6.03. The second-order valence-corrected chi connectivity index (χ2v) is 5.00. The first-order valence-corrected chi connectivity index (χ1v) is 6.92. The minimum atomic E-state index is 0.0179. The van der Waals surface area contributed by atoms with E-state index in [1.165, 1.54) is 0 Å². The summed E-state index contributed by atoms with van der Waals surface area (Å²) in [7, 11) is 0. The summed E-state index contributed by atoms with van der Waals surface area (Å²) in [6, 6.07) is 14.1. The predicted molar refractivity (Wildman–Crippen MR) is 79.8 cm³/mol. The standard InChI is InChI=1S/C16H18N2O2/c19-16(10-13-11-20-9-8-17-13)18-15-7-3-5-12-4-1-2-6-14(12)15/h1-7,13,17H,8-11H2,(H,18,19). The summed E-state index contributed by atoms with van der Waals surface area (Å²) in [6.07, 6.45) is 0.434. The highest BCUT2D eigenvalue weighted by molar-refractivity contribution is 6.02. The van der Waals surface area contributed by atoms with Crippen LogP contribution in [-0.4, -0.2) is 31.7 Å². The molecule has 1 heterocycles. The largest absolute Gasteiger partial charge is 0.378 e. The maximum atomic E-state index is 12.1. The van der Waals surface area contributed by atoms with Crippen molar-refractivity contribution in [3.63, 3.8) is 0 Å². The average Bonchev–Trinajstić information content (AvgIpc) is 2.48. The summed E-state index contributed by atoms with van der Waals surface area (Å²) >= 11 is 0. The van der Waals surface area contributed by atoms with E-state index in [-0.39, 0.29) is 11.9 Å². The van der Waals surface area contributed by atoms with Crippen LogP contribution in [0.4, 0.5) is 5.69 Å². The van der Waals surface area contributed by atoms with Crippen molar-refractivity contribution in [1.82, 2.24) is 5.32 Å². The smallest absolute Gasteiger partial charge is 0.226 e. The van der Waals surface area contributed by atoms with Gasteiger partial charge in [-0.15, -0.1) is 0 Å². The van der Waals surface area contributed by atoms with Crippen molar-refractivity contribution < 1.29 is 9.53 Å². The number of fused-ring (bicyclic) bond motifs is 1. The van der Waals surface area contributed by atoms with Gasteiger partial charge in [0, 0.05) is 30.1 Å². The molecular formula is C16H18N2O2. The Hall–Kier alpha value is -1.91. The first-order valence-electron chi connectivity index (χ1n) is 6.92. The number of ether oxygens (including phenoxy) is 1. The summed E-state index contributed by atoms with van der Waals surface area (Å²) in [5, 5.41) is 8.48. The van der Waals surface area contributed by atoms with Crippen LogP contribution in [0, 0.1) is 0 Å². The van der Waals surface area contributed by atoms with Gasteiger partial charge in [-0.3, -0.25) is 4.79 Å². The van der Waals surface area contributed by atoms with Gasteiger partial charge in [0.1, 0.15) is 0 Å². The molecular weight excluding hydrogens is 252 g/mol. The lowest BCUT2D eigenvalue weighted by Crippen LogP contribution is -2.43. The van der Waals surface area contributed by atoms with E-state index < -0.39 is 0 Å². The van der Waals surface area contributed by atoms with Crippen molar-refractivity contribution in [2.45, 2.75) is 12.5 Å². The molecule has 1 fully saturated rings. The van der Waals surface area contributed by atoms with Gasteiger partial charge in [-0.1, -0.05) is 36.4 Å². The number of morpholine rings is 1. The third-order valence-electron chi connectivity index (χ3n) is 3.49. The fourth-order valence-electron chi connectivity index (χ4n) is 2.51. The molecule has 1 aliphatic heterocycles. The van der Waals surface area contributed by atoms with Gasteiger partial charge in [0.15, 0.2) is 0 Å². The van der Waals surface area contributed by atoms with Crippen LogP contribution in [0.1, 0.15) is 6.42 Å². The number of benzene rings is 2. The summed E-state index contributed by atoms with van der Waals surface area (Å²) in [4.78, 5) is 12.1. The third kappa shape index (κ3) is 2.98. The highest BCUT2D eigenvalue weighted by Gasteiger charge is 2.17. The summed E-state index contributed by atoms with van der Waals surface area (Å²) in [5.74, 6) is 0.0179. The summed E-state index contributed by atoms with van der Waals surface area (Å²) < 4.78 is 5.36. The maximum absolute atomic E-state index is 12.1. The molecule has 3 rings (SSSR count). The third-order valence-corrected chi connectivity index (χ3v) is 3.49. The van der Waals surface area contributed by atoms with Gasteiger partial charge in [0.25, 0.3) is 0 Å². The maximum Gasteiger partial charge on any atom is 0.226 e. The molecule has 0 radical (unpaired) electrons.